The molecule has 6 heteroatoms. The molecule has 20 heavy (non-hydrogen) atoms. The third-order valence-electron chi connectivity index (χ3n) is 2.99. The SMILES string of the molecule is COC(=O)CN(Cc1ccccc1C(F)(F)F)C(C)C. The van der Waals surface area contributed by atoms with Crippen LogP contribution in [0.5, 0.6) is 0 Å². The number of halogens is 3. The van der Waals surface area contributed by atoms with Gasteiger partial charge in [-0.1, -0.05) is 18.2 Å². The van der Waals surface area contributed by atoms with E-state index in [1.54, 1.807) is 11.0 Å². The van der Waals surface area contributed by atoms with Crippen molar-refractivity contribution in [3.05, 3.63) is 35.4 Å². The van der Waals surface area contributed by atoms with Gasteiger partial charge < -0.3 is 4.74 Å². The molecule has 0 bridgehead atoms. The van der Waals surface area contributed by atoms with Crippen LogP contribution in [-0.2, 0) is 22.3 Å². The maximum absolute atomic E-state index is 12.9. The highest BCUT2D eigenvalue weighted by Gasteiger charge is 2.33. The molecule has 0 aliphatic carbocycles. The number of carbonyl (C=O) groups is 1. The Morgan fingerprint density at radius 2 is 1.90 bits per heavy atom. The molecule has 1 rings (SSSR count). The summed E-state index contributed by atoms with van der Waals surface area (Å²) in [5, 5.41) is 0. The zero-order valence-corrected chi connectivity index (χ0v) is 11.7. The maximum atomic E-state index is 12.9. The average Bonchev–Trinajstić information content (AvgIpc) is 2.37. The van der Waals surface area contributed by atoms with Crippen molar-refractivity contribution in [2.24, 2.45) is 0 Å². The molecular weight excluding hydrogens is 271 g/mol. The van der Waals surface area contributed by atoms with Gasteiger partial charge in [-0.2, -0.15) is 13.2 Å². The Bertz CT molecular complexity index is 458. The lowest BCUT2D eigenvalue weighted by molar-refractivity contribution is -0.142. The summed E-state index contributed by atoms with van der Waals surface area (Å²) in [5.41, 5.74) is -0.520. The van der Waals surface area contributed by atoms with Gasteiger partial charge in [-0.05, 0) is 25.5 Å². The van der Waals surface area contributed by atoms with E-state index in [9.17, 15) is 18.0 Å². The lowest BCUT2D eigenvalue weighted by Crippen LogP contribution is -2.36. The monoisotopic (exact) mass is 289 g/mol. The summed E-state index contributed by atoms with van der Waals surface area (Å²) >= 11 is 0. The first-order valence-corrected chi connectivity index (χ1v) is 6.21. The van der Waals surface area contributed by atoms with Gasteiger partial charge in [-0.25, -0.2) is 0 Å². The molecule has 0 unspecified atom stereocenters. The molecule has 0 aliphatic heterocycles. The zero-order chi connectivity index (χ0) is 15.3. The molecule has 0 atom stereocenters. The first-order chi connectivity index (χ1) is 9.25. The van der Waals surface area contributed by atoms with E-state index in [2.05, 4.69) is 4.74 Å². The summed E-state index contributed by atoms with van der Waals surface area (Å²) in [7, 11) is 1.25. The highest BCUT2D eigenvalue weighted by molar-refractivity contribution is 5.71. The van der Waals surface area contributed by atoms with Crippen LogP contribution in [0.3, 0.4) is 0 Å². The normalized spacial score (nSPS) is 12.0. The molecule has 0 saturated heterocycles. The summed E-state index contributed by atoms with van der Waals surface area (Å²) in [6, 6.07) is 5.31. The topological polar surface area (TPSA) is 29.5 Å². The Hall–Kier alpha value is -1.56. The van der Waals surface area contributed by atoms with Gasteiger partial charge >= 0.3 is 12.1 Å². The van der Waals surface area contributed by atoms with Crippen molar-refractivity contribution in [1.82, 2.24) is 4.90 Å². The number of carbonyl (C=O) groups excluding carboxylic acids is 1. The van der Waals surface area contributed by atoms with Crippen LogP contribution >= 0.6 is 0 Å². The number of nitrogens with zero attached hydrogens (tertiary/aromatic N) is 1. The Balaban J connectivity index is 2.97. The number of methoxy groups -OCH3 is 1. The molecule has 0 aliphatic rings. The lowest BCUT2D eigenvalue weighted by Gasteiger charge is -2.26. The predicted octanol–water partition coefficient (Wildman–Crippen LogP) is 3.09. The van der Waals surface area contributed by atoms with Crippen molar-refractivity contribution < 1.29 is 22.7 Å². The van der Waals surface area contributed by atoms with Crippen molar-refractivity contribution in [2.45, 2.75) is 32.6 Å². The van der Waals surface area contributed by atoms with E-state index < -0.39 is 17.7 Å². The second kappa shape index (κ2) is 6.74. The molecule has 0 spiro atoms. The van der Waals surface area contributed by atoms with Crippen LogP contribution in [0.2, 0.25) is 0 Å². The number of alkyl halides is 3. The van der Waals surface area contributed by atoms with Crippen LogP contribution in [-0.4, -0.2) is 30.6 Å². The third kappa shape index (κ3) is 4.52. The van der Waals surface area contributed by atoms with Gasteiger partial charge in [-0.15, -0.1) is 0 Å². The lowest BCUT2D eigenvalue weighted by atomic mass is 10.1. The largest absolute Gasteiger partial charge is 0.468 e. The first-order valence-electron chi connectivity index (χ1n) is 6.21. The van der Waals surface area contributed by atoms with Gasteiger partial charge in [0.1, 0.15) is 0 Å². The van der Waals surface area contributed by atoms with E-state index in [0.29, 0.717) is 0 Å². The Kier molecular flexibility index (Phi) is 5.56. The average molecular weight is 289 g/mol. The molecule has 0 fully saturated rings. The van der Waals surface area contributed by atoms with E-state index in [4.69, 9.17) is 0 Å². The summed E-state index contributed by atoms with van der Waals surface area (Å²) in [6.07, 6.45) is -4.40. The van der Waals surface area contributed by atoms with Crippen molar-refractivity contribution in [2.75, 3.05) is 13.7 Å². The van der Waals surface area contributed by atoms with E-state index in [1.165, 1.54) is 19.2 Å². The van der Waals surface area contributed by atoms with Crippen molar-refractivity contribution in [3.63, 3.8) is 0 Å². The maximum Gasteiger partial charge on any atom is 0.416 e. The third-order valence-corrected chi connectivity index (χ3v) is 2.99. The molecule has 112 valence electrons. The molecule has 0 heterocycles. The Labute approximate surface area is 116 Å². The van der Waals surface area contributed by atoms with Gasteiger partial charge in [0.05, 0.1) is 19.2 Å². The van der Waals surface area contributed by atoms with E-state index >= 15 is 0 Å². The molecule has 0 amide bonds. The standard InChI is InChI=1S/C14H18F3NO2/c1-10(2)18(9-13(19)20-3)8-11-6-4-5-7-12(11)14(15,16)17/h4-7,10H,8-9H2,1-3H3. The molecule has 0 saturated carbocycles. The molecule has 1 aromatic carbocycles. The quantitative estimate of drug-likeness (QED) is 0.780. The van der Waals surface area contributed by atoms with Gasteiger partial charge in [0.2, 0.25) is 0 Å². The predicted molar refractivity (Wildman–Crippen MR) is 69.0 cm³/mol. The highest BCUT2D eigenvalue weighted by atomic mass is 19.4. The van der Waals surface area contributed by atoms with Crippen molar-refractivity contribution in [3.8, 4) is 0 Å². The Morgan fingerprint density at radius 1 is 1.30 bits per heavy atom. The van der Waals surface area contributed by atoms with Crippen LogP contribution in [0.25, 0.3) is 0 Å². The number of rotatable bonds is 5. The van der Waals surface area contributed by atoms with Crippen LogP contribution in [0.15, 0.2) is 24.3 Å². The molecule has 0 aromatic heterocycles. The van der Waals surface area contributed by atoms with Crippen molar-refractivity contribution >= 4 is 5.97 Å². The summed E-state index contributed by atoms with van der Waals surface area (Å²) in [6.45, 7) is 3.64. The first kappa shape index (κ1) is 16.5. The summed E-state index contributed by atoms with van der Waals surface area (Å²) in [5.74, 6) is -0.469. The minimum atomic E-state index is -4.40. The second-order valence-electron chi connectivity index (χ2n) is 4.73. The van der Waals surface area contributed by atoms with Crippen LogP contribution < -0.4 is 0 Å². The van der Waals surface area contributed by atoms with Crippen LogP contribution in [0.1, 0.15) is 25.0 Å². The molecule has 3 nitrogen and oxygen atoms in total. The van der Waals surface area contributed by atoms with E-state index in [1.807, 2.05) is 13.8 Å². The number of hydrogen-bond donors (Lipinski definition) is 0. The fraction of sp³-hybridized carbons (Fsp3) is 0.500. The highest BCUT2D eigenvalue weighted by Crippen LogP contribution is 2.32. The van der Waals surface area contributed by atoms with E-state index in [0.717, 1.165) is 6.07 Å². The fourth-order valence-corrected chi connectivity index (χ4v) is 1.80. The minimum absolute atomic E-state index is 0.0413. The van der Waals surface area contributed by atoms with Crippen molar-refractivity contribution in [1.29, 1.82) is 0 Å². The molecule has 0 N–H and O–H groups in total. The minimum Gasteiger partial charge on any atom is -0.468 e. The fourth-order valence-electron chi connectivity index (χ4n) is 1.80. The summed E-state index contributed by atoms with van der Waals surface area (Å²) < 4.78 is 43.3. The number of ether oxygens (including phenoxy) is 1. The van der Waals surface area contributed by atoms with Gasteiger partial charge in [0.15, 0.2) is 0 Å². The Morgan fingerprint density at radius 3 is 2.40 bits per heavy atom. The second-order valence-corrected chi connectivity index (χ2v) is 4.73. The zero-order valence-electron chi connectivity index (χ0n) is 11.7. The smallest absolute Gasteiger partial charge is 0.416 e. The van der Waals surface area contributed by atoms with Gasteiger partial charge in [0, 0.05) is 12.6 Å². The number of benzene rings is 1. The van der Waals surface area contributed by atoms with Crippen LogP contribution in [0, 0.1) is 0 Å². The number of hydrogen-bond acceptors (Lipinski definition) is 3. The van der Waals surface area contributed by atoms with Gasteiger partial charge in [0.25, 0.3) is 0 Å². The molecule has 1 aromatic rings. The molecular formula is C14H18F3NO2. The van der Waals surface area contributed by atoms with Gasteiger partial charge in [-0.3, -0.25) is 9.69 Å². The van der Waals surface area contributed by atoms with E-state index in [-0.39, 0.29) is 24.7 Å². The van der Waals surface area contributed by atoms with Crippen LogP contribution in [0.4, 0.5) is 13.2 Å². The number of esters is 1. The molecule has 0 radical (unpaired) electrons. The summed E-state index contributed by atoms with van der Waals surface area (Å²) in [4.78, 5) is 12.9.